The van der Waals surface area contributed by atoms with Crippen LogP contribution in [0, 0.1) is 0 Å². The quantitative estimate of drug-likeness (QED) is 0.366. The molecule has 0 aliphatic carbocycles. The Morgan fingerprint density at radius 3 is 2.12 bits per heavy atom. The van der Waals surface area contributed by atoms with Crippen LogP contribution in [0.2, 0.25) is 0 Å². The van der Waals surface area contributed by atoms with E-state index in [9.17, 15) is 4.79 Å². The molecule has 34 heavy (non-hydrogen) atoms. The van der Waals surface area contributed by atoms with E-state index < -0.39 is 0 Å². The summed E-state index contributed by atoms with van der Waals surface area (Å²) in [5.74, 6) is 2.05. The van der Waals surface area contributed by atoms with Gasteiger partial charge in [0.25, 0.3) is 11.4 Å². The van der Waals surface area contributed by atoms with Crippen molar-refractivity contribution in [2.75, 3.05) is 21.3 Å². The number of aromatic nitrogens is 3. The van der Waals surface area contributed by atoms with Gasteiger partial charge in [-0.15, -0.1) is 0 Å². The number of methoxy groups -OCH3 is 3. The van der Waals surface area contributed by atoms with Gasteiger partial charge in [-0.2, -0.15) is 4.98 Å². The number of nitrogens with zero attached hydrogens (tertiary/aromatic N) is 3. The lowest BCUT2D eigenvalue weighted by Crippen LogP contribution is -2.18. The van der Waals surface area contributed by atoms with Gasteiger partial charge in [-0.25, -0.2) is 0 Å². The van der Waals surface area contributed by atoms with Gasteiger partial charge in [0.05, 0.1) is 26.9 Å². The Morgan fingerprint density at radius 1 is 0.824 bits per heavy atom. The normalized spacial score (nSPS) is 10.9. The van der Waals surface area contributed by atoms with Crippen LogP contribution >= 0.6 is 0 Å². The van der Waals surface area contributed by atoms with E-state index >= 15 is 0 Å². The van der Waals surface area contributed by atoms with Crippen LogP contribution in [0.1, 0.15) is 0 Å². The molecule has 8 heteroatoms. The second kappa shape index (κ2) is 8.74. The molecule has 2 heterocycles. The maximum absolute atomic E-state index is 13.2. The molecule has 5 aromatic rings. The van der Waals surface area contributed by atoms with Crippen molar-refractivity contribution in [2.24, 2.45) is 0 Å². The Kier molecular flexibility index (Phi) is 5.47. The smallest absolute Gasteiger partial charge is 0.262 e. The molecule has 0 unspecified atom stereocenters. The molecule has 170 valence electrons. The average molecular weight is 455 g/mol. The van der Waals surface area contributed by atoms with E-state index in [1.165, 1.54) is 0 Å². The highest BCUT2D eigenvalue weighted by Gasteiger charge is 2.20. The second-order valence-electron chi connectivity index (χ2n) is 7.44. The molecule has 0 saturated carbocycles. The fourth-order valence-electron chi connectivity index (χ4n) is 3.90. The first-order valence-electron chi connectivity index (χ1n) is 10.5. The maximum atomic E-state index is 13.2. The van der Waals surface area contributed by atoms with Crippen molar-refractivity contribution in [1.82, 2.24) is 14.7 Å². The Balaban J connectivity index is 1.68. The number of hydrogen-bond acceptors (Lipinski definition) is 7. The molecular weight excluding hydrogens is 434 g/mol. The highest BCUT2D eigenvalue weighted by molar-refractivity contribution is 5.94. The number of para-hydroxylation sites is 1. The van der Waals surface area contributed by atoms with E-state index in [2.05, 4.69) is 10.1 Å². The van der Waals surface area contributed by atoms with Crippen LogP contribution < -0.4 is 19.8 Å². The number of hydrogen-bond donors (Lipinski definition) is 0. The highest BCUT2D eigenvalue weighted by Crippen LogP contribution is 2.41. The van der Waals surface area contributed by atoms with Gasteiger partial charge < -0.3 is 18.7 Å². The van der Waals surface area contributed by atoms with Crippen LogP contribution in [0.4, 0.5) is 0 Å². The minimum Gasteiger partial charge on any atom is -0.493 e. The van der Waals surface area contributed by atoms with Gasteiger partial charge in [0.2, 0.25) is 11.6 Å². The third-order valence-electron chi connectivity index (χ3n) is 5.54. The summed E-state index contributed by atoms with van der Waals surface area (Å²) in [4.78, 5) is 17.8. The number of pyridine rings is 1. The third-order valence-corrected chi connectivity index (χ3v) is 5.54. The Labute approximate surface area is 194 Å². The summed E-state index contributed by atoms with van der Waals surface area (Å²) < 4.78 is 23.5. The minimum atomic E-state index is -0.130. The monoisotopic (exact) mass is 455 g/mol. The first-order valence-corrected chi connectivity index (χ1v) is 10.5. The Hall–Kier alpha value is -4.59. The van der Waals surface area contributed by atoms with Crippen molar-refractivity contribution in [3.05, 3.63) is 83.3 Å². The molecule has 0 fully saturated rings. The molecular formula is C26H21N3O5. The summed E-state index contributed by atoms with van der Waals surface area (Å²) in [7, 11) is 4.63. The van der Waals surface area contributed by atoms with E-state index in [0.717, 1.165) is 11.1 Å². The van der Waals surface area contributed by atoms with Crippen molar-refractivity contribution in [2.45, 2.75) is 0 Å². The summed E-state index contributed by atoms with van der Waals surface area (Å²) in [6.45, 7) is 0. The van der Waals surface area contributed by atoms with Crippen molar-refractivity contribution >= 4 is 10.8 Å². The molecule has 0 aliphatic rings. The first-order chi connectivity index (χ1) is 16.6. The summed E-state index contributed by atoms with van der Waals surface area (Å²) in [5.41, 5.74) is 1.88. The van der Waals surface area contributed by atoms with Crippen LogP contribution in [0.15, 0.2) is 82.2 Å². The van der Waals surface area contributed by atoms with Crippen LogP contribution in [0.25, 0.3) is 39.3 Å². The Morgan fingerprint density at radius 2 is 1.47 bits per heavy atom. The molecule has 0 saturated heterocycles. The summed E-state index contributed by atoms with van der Waals surface area (Å²) in [6.07, 6.45) is 1.73. The van der Waals surface area contributed by atoms with Gasteiger partial charge in [-0.05, 0) is 30.3 Å². The lowest BCUT2D eigenvalue weighted by atomic mass is 10.1. The predicted octanol–water partition coefficient (Wildman–Crippen LogP) is 4.73. The van der Waals surface area contributed by atoms with E-state index in [1.807, 2.05) is 48.5 Å². The molecule has 0 aliphatic heterocycles. The standard InChI is InChI=1S/C26H21N3O5/c1-31-21-13-16(14-22(32-2)23(21)33-3)24-27-25(34-28-24)20-15-29(17-9-5-4-6-10-17)26(30)19-12-8-7-11-18(19)20/h4-15H,1-3H3. The fourth-order valence-corrected chi connectivity index (χ4v) is 3.90. The molecule has 5 rings (SSSR count). The van der Waals surface area contributed by atoms with Crippen LogP contribution in [-0.4, -0.2) is 36.0 Å². The lowest BCUT2D eigenvalue weighted by Gasteiger charge is -2.12. The van der Waals surface area contributed by atoms with Crippen molar-refractivity contribution in [3.63, 3.8) is 0 Å². The SMILES string of the molecule is COc1cc(-c2noc(-c3cn(-c4ccccc4)c(=O)c4ccccc34)n2)cc(OC)c1OC. The van der Waals surface area contributed by atoms with E-state index in [1.54, 1.807) is 50.3 Å². The van der Waals surface area contributed by atoms with Crippen LogP contribution in [-0.2, 0) is 0 Å². The van der Waals surface area contributed by atoms with Crippen LogP contribution in [0.3, 0.4) is 0 Å². The Bertz CT molecular complexity index is 1510. The molecule has 0 bridgehead atoms. The molecule has 0 radical (unpaired) electrons. The number of benzene rings is 3. The van der Waals surface area contributed by atoms with Crippen molar-refractivity contribution < 1.29 is 18.7 Å². The van der Waals surface area contributed by atoms with Gasteiger partial charge in [0.15, 0.2) is 11.5 Å². The van der Waals surface area contributed by atoms with E-state index in [4.69, 9.17) is 18.7 Å². The van der Waals surface area contributed by atoms with Gasteiger partial charge in [0, 0.05) is 28.2 Å². The molecule has 0 atom stereocenters. The molecule has 0 N–H and O–H groups in total. The fraction of sp³-hybridized carbons (Fsp3) is 0.115. The number of fused-ring (bicyclic) bond motifs is 1. The second-order valence-corrected chi connectivity index (χ2v) is 7.44. The zero-order valence-corrected chi connectivity index (χ0v) is 18.8. The largest absolute Gasteiger partial charge is 0.493 e. The third kappa shape index (κ3) is 3.55. The zero-order chi connectivity index (χ0) is 23.7. The van der Waals surface area contributed by atoms with Gasteiger partial charge in [-0.3, -0.25) is 9.36 Å². The molecule has 0 amide bonds. The highest BCUT2D eigenvalue weighted by atomic mass is 16.5. The lowest BCUT2D eigenvalue weighted by molar-refractivity contribution is 0.324. The van der Waals surface area contributed by atoms with Gasteiger partial charge >= 0.3 is 0 Å². The summed E-state index contributed by atoms with van der Waals surface area (Å²) >= 11 is 0. The topological polar surface area (TPSA) is 88.6 Å². The summed E-state index contributed by atoms with van der Waals surface area (Å²) in [5, 5.41) is 5.45. The summed E-state index contributed by atoms with van der Waals surface area (Å²) in [6, 6.07) is 20.3. The van der Waals surface area contributed by atoms with Gasteiger partial charge in [0.1, 0.15) is 0 Å². The zero-order valence-electron chi connectivity index (χ0n) is 18.8. The molecule has 0 spiro atoms. The molecule has 8 nitrogen and oxygen atoms in total. The molecule has 3 aromatic carbocycles. The van der Waals surface area contributed by atoms with Crippen LogP contribution in [0.5, 0.6) is 17.2 Å². The predicted molar refractivity (Wildman–Crippen MR) is 128 cm³/mol. The maximum Gasteiger partial charge on any atom is 0.262 e. The minimum absolute atomic E-state index is 0.130. The van der Waals surface area contributed by atoms with Crippen molar-refractivity contribution in [1.29, 1.82) is 0 Å². The average Bonchev–Trinajstić information content (AvgIpc) is 3.39. The van der Waals surface area contributed by atoms with Crippen molar-refractivity contribution in [3.8, 4) is 45.8 Å². The van der Waals surface area contributed by atoms with E-state index in [0.29, 0.717) is 39.6 Å². The number of rotatable bonds is 6. The number of ether oxygens (including phenoxy) is 3. The van der Waals surface area contributed by atoms with E-state index in [-0.39, 0.29) is 11.4 Å². The first kappa shape index (κ1) is 21.3. The molecule has 2 aromatic heterocycles. The van der Waals surface area contributed by atoms with Gasteiger partial charge in [-0.1, -0.05) is 41.6 Å².